The average Bonchev–Trinajstić information content (AvgIpc) is 2.11. The molecule has 0 aromatic heterocycles. The summed E-state index contributed by atoms with van der Waals surface area (Å²) >= 11 is 0. The van der Waals surface area contributed by atoms with Crippen molar-refractivity contribution >= 4 is 12.4 Å². The van der Waals surface area contributed by atoms with Gasteiger partial charge in [-0.05, 0) is 12.8 Å². The summed E-state index contributed by atoms with van der Waals surface area (Å²) in [5.41, 5.74) is 5.98. The molecule has 0 aliphatic heterocycles. The maximum Gasteiger partial charge on any atom is 0.00388 e. The van der Waals surface area contributed by atoms with Crippen molar-refractivity contribution < 1.29 is 0 Å². The lowest BCUT2D eigenvalue weighted by atomic mass is 10.0. The van der Waals surface area contributed by atoms with Gasteiger partial charge in [0.15, 0.2) is 0 Å². The lowest BCUT2D eigenvalue weighted by Crippen LogP contribution is -2.19. The summed E-state index contributed by atoms with van der Waals surface area (Å²) in [5.74, 6) is 0. The highest BCUT2D eigenvalue weighted by atomic mass is 35.5. The van der Waals surface area contributed by atoms with Gasteiger partial charge < -0.3 is 5.73 Å². The van der Waals surface area contributed by atoms with Crippen LogP contribution in [0.4, 0.5) is 0 Å². The van der Waals surface area contributed by atoms with E-state index in [-0.39, 0.29) is 12.4 Å². The van der Waals surface area contributed by atoms with Gasteiger partial charge in [0.2, 0.25) is 0 Å². The van der Waals surface area contributed by atoms with Gasteiger partial charge in [0, 0.05) is 6.04 Å². The molecule has 0 radical (unpaired) electrons. The van der Waals surface area contributed by atoms with Crippen molar-refractivity contribution in [1.29, 1.82) is 0 Å². The highest BCUT2D eigenvalue weighted by Crippen LogP contribution is 2.15. The van der Waals surface area contributed by atoms with Crippen LogP contribution in [-0.2, 0) is 0 Å². The first-order valence-electron chi connectivity index (χ1n) is 5.65. The molecule has 0 unspecified atom stereocenters. The Bertz CT molecular complexity index is 94.3. The Kier molecular flexibility index (Phi) is 9.00. The first kappa shape index (κ1) is 13.2. The largest absolute Gasteiger partial charge is 0.328 e. The number of rotatable bonds is 0. The molecule has 0 heterocycles. The standard InChI is InChI=1S/C11H23N.ClH/c12-11-9-7-5-3-1-2-4-6-8-10-11;/h11H,1-10,12H2;1H. The number of halogens is 1. The first-order chi connectivity index (χ1) is 5.89. The summed E-state index contributed by atoms with van der Waals surface area (Å²) < 4.78 is 0. The lowest BCUT2D eigenvalue weighted by Gasteiger charge is -2.09. The van der Waals surface area contributed by atoms with Gasteiger partial charge >= 0.3 is 0 Å². The van der Waals surface area contributed by atoms with E-state index in [9.17, 15) is 0 Å². The van der Waals surface area contributed by atoms with Crippen LogP contribution in [0.1, 0.15) is 64.2 Å². The Morgan fingerprint density at radius 2 is 0.923 bits per heavy atom. The molecular weight excluding hydrogens is 182 g/mol. The van der Waals surface area contributed by atoms with Gasteiger partial charge in [-0.2, -0.15) is 0 Å². The summed E-state index contributed by atoms with van der Waals surface area (Å²) in [6, 6.07) is 0.503. The molecule has 0 atom stereocenters. The molecular formula is C11H24ClN. The molecule has 1 aliphatic rings. The number of hydrogen-bond acceptors (Lipinski definition) is 1. The highest BCUT2D eigenvalue weighted by Gasteiger charge is 2.03. The average molecular weight is 206 g/mol. The van der Waals surface area contributed by atoms with Crippen molar-refractivity contribution in [3.05, 3.63) is 0 Å². The third-order valence-corrected chi connectivity index (χ3v) is 2.90. The van der Waals surface area contributed by atoms with Crippen LogP contribution in [0.25, 0.3) is 0 Å². The molecule has 0 amide bonds. The van der Waals surface area contributed by atoms with Gasteiger partial charge in [-0.15, -0.1) is 12.4 Å². The van der Waals surface area contributed by atoms with Crippen LogP contribution in [-0.4, -0.2) is 6.04 Å². The van der Waals surface area contributed by atoms with E-state index >= 15 is 0 Å². The van der Waals surface area contributed by atoms with Crippen molar-refractivity contribution in [1.82, 2.24) is 0 Å². The fraction of sp³-hybridized carbons (Fsp3) is 1.00. The second-order valence-corrected chi connectivity index (χ2v) is 4.17. The van der Waals surface area contributed by atoms with Crippen molar-refractivity contribution in [2.24, 2.45) is 5.73 Å². The van der Waals surface area contributed by atoms with Gasteiger partial charge in [-0.25, -0.2) is 0 Å². The maximum absolute atomic E-state index is 5.98. The third kappa shape index (κ3) is 7.33. The van der Waals surface area contributed by atoms with E-state index in [0.29, 0.717) is 6.04 Å². The van der Waals surface area contributed by atoms with Crippen molar-refractivity contribution in [2.45, 2.75) is 70.3 Å². The predicted octanol–water partition coefficient (Wildman–Crippen LogP) is 3.65. The van der Waals surface area contributed by atoms with E-state index in [4.69, 9.17) is 5.73 Å². The van der Waals surface area contributed by atoms with Crippen LogP contribution in [0.15, 0.2) is 0 Å². The molecule has 0 aromatic rings. The van der Waals surface area contributed by atoms with E-state index < -0.39 is 0 Å². The second-order valence-electron chi connectivity index (χ2n) is 4.17. The Morgan fingerprint density at radius 3 is 1.31 bits per heavy atom. The molecule has 1 fully saturated rings. The molecule has 1 saturated carbocycles. The SMILES string of the molecule is Cl.NC1CCCCCCCCCC1. The Balaban J connectivity index is 0.00000144. The lowest BCUT2D eigenvalue weighted by molar-refractivity contribution is 0.510. The molecule has 0 spiro atoms. The molecule has 13 heavy (non-hydrogen) atoms. The summed E-state index contributed by atoms with van der Waals surface area (Å²) in [6.07, 6.45) is 13.9. The van der Waals surface area contributed by atoms with Crippen LogP contribution >= 0.6 is 12.4 Å². The van der Waals surface area contributed by atoms with E-state index in [1.165, 1.54) is 64.2 Å². The molecule has 2 heteroatoms. The van der Waals surface area contributed by atoms with Gasteiger partial charge in [0.1, 0.15) is 0 Å². The molecule has 0 bridgehead atoms. The van der Waals surface area contributed by atoms with E-state index in [2.05, 4.69) is 0 Å². The first-order valence-corrected chi connectivity index (χ1v) is 5.65. The summed E-state index contributed by atoms with van der Waals surface area (Å²) in [7, 11) is 0. The molecule has 1 aliphatic carbocycles. The van der Waals surface area contributed by atoms with Crippen LogP contribution in [0.5, 0.6) is 0 Å². The second kappa shape index (κ2) is 8.83. The Labute approximate surface area is 88.9 Å². The molecule has 0 saturated heterocycles. The molecule has 1 nitrogen and oxygen atoms in total. The molecule has 2 N–H and O–H groups in total. The fourth-order valence-electron chi connectivity index (χ4n) is 2.02. The van der Waals surface area contributed by atoms with Gasteiger partial charge in [-0.3, -0.25) is 0 Å². The zero-order valence-corrected chi connectivity index (χ0v) is 9.45. The molecule has 1 rings (SSSR count). The molecule has 80 valence electrons. The quantitative estimate of drug-likeness (QED) is 0.642. The number of hydrogen-bond donors (Lipinski definition) is 1. The Morgan fingerprint density at radius 1 is 0.615 bits per heavy atom. The van der Waals surface area contributed by atoms with E-state index in [0.717, 1.165) is 0 Å². The normalized spacial score (nSPS) is 22.8. The number of nitrogens with two attached hydrogens (primary N) is 1. The van der Waals surface area contributed by atoms with Gasteiger partial charge in [0.05, 0.1) is 0 Å². The van der Waals surface area contributed by atoms with Crippen LogP contribution in [0.2, 0.25) is 0 Å². The maximum atomic E-state index is 5.98. The summed E-state index contributed by atoms with van der Waals surface area (Å²) in [6.45, 7) is 0. The monoisotopic (exact) mass is 205 g/mol. The minimum absolute atomic E-state index is 0. The van der Waals surface area contributed by atoms with Gasteiger partial charge in [0.25, 0.3) is 0 Å². The molecule has 0 aromatic carbocycles. The van der Waals surface area contributed by atoms with Crippen LogP contribution < -0.4 is 5.73 Å². The predicted molar refractivity (Wildman–Crippen MR) is 61.4 cm³/mol. The third-order valence-electron chi connectivity index (χ3n) is 2.90. The zero-order chi connectivity index (χ0) is 8.65. The smallest absolute Gasteiger partial charge is 0.00388 e. The van der Waals surface area contributed by atoms with Gasteiger partial charge in [-0.1, -0.05) is 51.4 Å². The zero-order valence-electron chi connectivity index (χ0n) is 8.63. The van der Waals surface area contributed by atoms with Crippen molar-refractivity contribution in [2.75, 3.05) is 0 Å². The van der Waals surface area contributed by atoms with E-state index in [1.54, 1.807) is 0 Å². The van der Waals surface area contributed by atoms with Crippen molar-refractivity contribution in [3.63, 3.8) is 0 Å². The minimum atomic E-state index is 0. The summed E-state index contributed by atoms with van der Waals surface area (Å²) in [4.78, 5) is 0. The van der Waals surface area contributed by atoms with Crippen LogP contribution in [0.3, 0.4) is 0 Å². The summed E-state index contributed by atoms with van der Waals surface area (Å²) in [5, 5.41) is 0. The minimum Gasteiger partial charge on any atom is -0.328 e. The van der Waals surface area contributed by atoms with Crippen molar-refractivity contribution in [3.8, 4) is 0 Å². The van der Waals surface area contributed by atoms with Crippen LogP contribution in [0, 0.1) is 0 Å². The Hall–Kier alpha value is 0.250. The van der Waals surface area contributed by atoms with E-state index in [1.807, 2.05) is 0 Å². The topological polar surface area (TPSA) is 26.0 Å². The fourth-order valence-corrected chi connectivity index (χ4v) is 2.02. The highest BCUT2D eigenvalue weighted by molar-refractivity contribution is 5.85.